The molecule has 1 aliphatic heterocycles. The van der Waals surface area contributed by atoms with Crippen molar-refractivity contribution in [3.63, 3.8) is 0 Å². The van der Waals surface area contributed by atoms with Gasteiger partial charge in [0.2, 0.25) is 5.91 Å². The molecule has 1 saturated heterocycles. The normalized spacial score (nSPS) is 14.3. The van der Waals surface area contributed by atoms with E-state index < -0.39 is 11.7 Å². The lowest BCUT2D eigenvalue weighted by Gasteiger charge is -2.36. The molecule has 29 heavy (non-hydrogen) atoms. The first-order chi connectivity index (χ1) is 14.1. The zero-order valence-electron chi connectivity index (χ0n) is 16.1. The van der Waals surface area contributed by atoms with Gasteiger partial charge in [-0.05, 0) is 24.3 Å². The van der Waals surface area contributed by atoms with Crippen LogP contribution in [-0.2, 0) is 9.59 Å². The minimum atomic E-state index is -0.557. The van der Waals surface area contributed by atoms with Crippen molar-refractivity contribution in [3.05, 3.63) is 60.4 Å². The summed E-state index contributed by atoms with van der Waals surface area (Å²) in [5.74, 6) is -1.40. The number of nitrogens with one attached hydrogen (secondary N) is 2. The molecule has 2 N–H and O–H groups in total. The first kappa shape index (κ1) is 20.6. The number of halogens is 1. The Bertz CT molecular complexity index is 811. The second-order valence-corrected chi connectivity index (χ2v) is 6.73. The topological polar surface area (TPSA) is 73.9 Å². The fourth-order valence-electron chi connectivity index (χ4n) is 3.07. The number of hydrogen-bond donors (Lipinski definition) is 2. The number of carbonyl (C=O) groups excluding carboxylic acids is 2. The lowest BCUT2D eigenvalue weighted by Crippen LogP contribution is -2.48. The predicted octanol–water partition coefficient (Wildman–Crippen LogP) is 1.56. The predicted molar refractivity (Wildman–Crippen MR) is 108 cm³/mol. The number of anilines is 1. The smallest absolute Gasteiger partial charge is 0.276 e. The monoisotopic (exact) mass is 400 g/mol. The number of hydrazine groups is 1. The highest BCUT2D eigenvalue weighted by molar-refractivity contribution is 5.82. The summed E-state index contributed by atoms with van der Waals surface area (Å²) in [6.45, 7) is 3.82. The largest absolute Gasteiger partial charge is 0.481 e. The first-order valence-electron chi connectivity index (χ1n) is 9.59. The van der Waals surface area contributed by atoms with E-state index in [-0.39, 0.29) is 24.7 Å². The number of para-hydroxylation sites is 2. The van der Waals surface area contributed by atoms with Crippen LogP contribution >= 0.6 is 0 Å². The zero-order valence-corrected chi connectivity index (χ0v) is 16.1. The fourth-order valence-corrected chi connectivity index (χ4v) is 3.07. The van der Waals surface area contributed by atoms with E-state index in [0.717, 1.165) is 26.2 Å². The number of benzene rings is 2. The summed E-state index contributed by atoms with van der Waals surface area (Å²) >= 11 is 0. The first-order valence-corrected chi connectivity index (χ1v) is 9.59. The summed E-state index contributed by atoms with van der Waals surface area (Å²) in [7, 11) is 0. The molecule has 0 unspecified atom stereocenters. The number of carbonyl (C=O) groups is 2. The zero-order chi connectivity index (χ0) is 20.5. The molecule has 2 aromatic rings. The highest BCUT2D eigenvalue weighted by Crippen LogP contribution is 2.16. The number of nitrogens with zero attached hydrogens (tertiary/aromatic N) is 2. The summed E-state index contributed by atoms with van der Waals surface area (Å²) in [6.07, 6.45) is 0.278. The van der Waals surface area contributed by atoms with Gasteiger partial charge in [-0.1, -0.05) is 30.3 Å². The Morgan fingerprint density at radius 3 is 2.28 bits per heavy atom. The van der Waals surface area contributed by atoms with Crippen molar-refractivity contribution in [2.75, 3.05) is 44.2 Å². The molecule has 2 aromatic carbocycles. The Labute approximate surface area is 169 Å². The maximum atomic E-state index is 13.4. The highest BCUT2D eigenvalue weighted by Gasteiger charge is 2.17. The molecule has 0 aliphatic carbocycles. The van der Waals surface area contributed by atoms with Crippen molar-refractivity contribution in [2.24, 2.45) is 0 Å². The summed E-state index contributed by atoms with van der Waals surface area (Å²) < 4.78 is 18.5. The molecule has 0 atom stereocenters. The van der Waals surface area contributed by atoms with Crippen molar-refractivity contribution < 1.29 is 18.7 Å². The van der Waals surface area contributed by atoms with Gasteiger partial charge in [0, 0.05) is 44.8 Å². The third kappa shape index (κ3) is 6.46. The van der Waals surface area contributed by atoms with Gasteiger partial charge in [-0.3, -0.25) is 25.3 Å². The van der Waals surface area contributed by atoms with E-state index in [1.165, 1.54) is 23.9 Å². The van der Waals surface area contributed by atoms with Crippen molar-refractivity contribution in [1.82, 2.24) is 15.8 Å². The van der Waals surface area contributed by atoms with Crippen LogP contribution in [0.2, 0.25) is 0 Å². The van der Waals surface area contributed by atoms with Crippen molar-refractivity contribution >= 4 is 17.5 Å². The third-order valence-electron chi connectivity index (χ3n) is 4.69. The number of ether oxygens (including phenoxy) is 1. The van der Waals surface area contributed by atoms with Crippen LogP contribution < -0.4 is 20.5 Å². The summed E-state index contributed by atoms with van der Waals surface area (Å²) in [6, 6.07) is 16.1. The number of rotatable bonds is 7. The van der Waals surface area contributed by atoms with Gasteiger partial charge in [0.05, 0.1) is 0 Å². The van der Waals surface area contributed by atoms with E-state index >= 15 is 0 Å². The minimum Gasteiger partial charge on any atom is -0.481 e. The molecule has 7 nitrogen and oxygen atoms in total. The van der Waals surface area contributed by atoms with Crippen molar-refractivity contribution in [3.8, 4) is 5.75 Å². The number of piperazine rings is 1. The van der Waals surface area contributed by atoms with Gasteiger partial charge in [0.15, 0.2) is 18.2 Å². The van der Waals surface area contributed by atoms with Gasteiger partial charge < -0.3 is 9.64 Å². The maximum absolute atomic E-state index is 13.4. The van der Waals surface area contributed by atoms with Gasteiger partial charge >= 0.3 is 0 Å². The Balaban J connectivity index is 1.29. The van der Waals surface area contributed by atoms with E-state index in [1.54, 1.807) is 6.07 Å². The van der Waals surface area contributed by atoms with Crippen LogP contribution in [0.5, 0.6) is 5.75 Å². The van der Waals surface area contributed by atoms with E-state index in [2.05, 4.69) is 32.8 Å². The molecule has 154 valence electrons. The van der Waals surface area contributed by atoms with Crippen LogP contribution in [0.25, 0.3) is 0 Å². The van der Waals surface area contributed by atoms with Crippen LogP contribution in [0.3, 0.4) is 0 Å². The Morgan fingerprint density at radius 1 is 0.897 bits per heavy atom. The molecule has 0 bridgehead atoms. The Morgan fingerprint density at radius 2 is 1.55 bits per heavy atom. The van der Waals surface area contributed by atoms with Crippen molar-refractivity contribution in [2.45, 2.75) is 6.42 Å². The van der Waals surface area contributed by atoms with Crippen LogP contribution in [-0.4, -0.2) is 56.0 Å². The minimum absolute atomic E-state index is 0.0105. The lowest BCUT2D eigenvalue weighted by atomic mass is 10.2. The maximum Gasteiger partial charge on any atom is 0.276 e. The highest BCUT2D eigenvalue weighted by atomic mass is 19.1. The summed E-state index contributed by atoms with van der Waals surface area (Å²) in [5.41, 5.74) is 5.85. The van der Waals surface area contributed by atoms with Gasteiger partial charge in [-0.25, -0.2) is 4.39 Å². The third-order valence-corrected chi connectivity index (χ3v) is 4.69. The molecule has 0 aromatic heterocycles. The second-order valence-electron chi connectivity index (χ2n) is 6.73. The van der Waals surface area contributed by atoms with Crippen LogP contribution in [0, 0.1) is 5.82 Å². The molecule has 3 rings (SSSR count). The molecular weight excluding hydrogens is 375 g/mol. The van der Waals surface area contributed by atoms with E-state index in [0.29, 0.717) is 6.54 Å². The van der Waals surface area contributed by atoms with Crippen LogP contribution in [0.4, 0.5) is 10.1 Å². The van der Waals surface area contributed by atoms with Crippen LogP contribution in [0.1, 0.15) is 6.42 Å². The second kappa shape index (κ2) is 10.4. The van der Waals surface area contributed by atoms with Crippen LogP contribution in [0.15, 0.2) is 54.6 Å². The molecule has 8 heteroatoms. The lowest BCUT2D eigenvalue weighted by molar-refractivity contribution is -0.130. The van der Waals surface area contributed by atoms with Gasteiger partial charge in [0.1, 0.15) is 0 Å². The van der Waals surface area contributed by atoms with Crippen molar-refractivity contribution in [1.29, 1.82) is 0 Å². The Hall–Kier alpha value is -3.13. The quantitative estimate of drug-likeness (QED) is 0.690. The molecule has 1 fully saturated rings. The molecule has 1 aliphatic rings. The molecular formula is C21H25FN4O3. The fraction of sp³-hybridized carbons (Fsp3) is 0.333. The molecule has 1 heterocycles. The van der Waals surface area contributed by atoms with Gasteiger partial charge in [-0.15, -0.1) is 0 Å². The summed E-state index contributed by atoms with van der Waals surface area (Å²) in [5, 5.41) is 0. The van der Waals surface area contributed by atoms with E-state index in [4.69, 9.17) is 4.74 Å². The number of hydrogen-bond acceptors (Lipinski definition) is 5. The molecule has 0 spiro atoms. The molecule has 0 saturated carbocycles. The van der Waals surface area contributed by atoms with E-state index in [1.807, 2.05) is 18.2 Å². The molecule has 0 radical (unpaired) electrons. The standard InChI is InChI=1S/C21H25FN4O3/c22-18-8-4-5-9-19(18)29-16-21(28)24-23-20(27)10-11-25-12-14-26(15-13-25)17-6-2-1-3-7-17/h1-9H,10-16H2,(H,23,27)(H,24,28). The Kier molecular flexibility index (Phi) is 7.40. The summed E-state index contributed by atoms with van der Waals surface area (Å²) in [4.78, 5) is 28.2. The average Bonchev–Trinajstić information content (AvgIpc) is 2.76. The average molecular weight is 400 g/mol. The SMILES string of the molecule is O=C(CCN1CCN(c2ccccc2)CC1)NNC(=O)COc1ccccc1F. The van der Waals surface area contributed by atoms with E-state index in [9.17, 15) is 14.0 Å². The molecule has 2 amide bonds. The van der Waals surface area contributed by atoms with Gasteiger partial charge in [0.25, 0.3) is 5.91 Å². The number of amides is 2. The van der Waals surface area contributed by atoms with Gasteiger partial charge in [-0.2, -0.15) is 0 Å².